The molecule has 0 N–H and O–H groups in total. The third kappa shape index (κ3) is 189. The Hall–Kier alpha value is 3.23. The summed E-state index contributed by atoms with van der Waals surface area (Å²) in [4.78, 5) is 34.1. The van der Waals surface area contributed by atoms with E-state index in [2.05, 4.69) is 0 Å². The summed E-state index contributed by atoms with van der Waals surface area (Å²) in [6.07, 6.45) is 0. The number of rotatable bonds is 0. The zero-order valence-electron chi connectivity index (χ0n) is 7.45. The van der Waals surface area contributed by atoms with E-state index in [1.165, 1.54) is 0 Å². The zero-order chi connectivity index (χ0) is 7.15. The van der Waals surface area contributed by atoms with Gasteiger partial charge in [-0.1, -0.05) is 0 Å². The molecular formula is Na4O6Si2. The van der Waals surface area contributed by atoms with Crippen LogP contribution in [0.15, 0.2) is 0 Å². The van der Waals surface area contributed by atoms with Crippen molar-refractivity contribution < 1.29 is 146 Å². The van der Waals surface area contributed by atoms with E-state index in [4.69, 9.17) is 28.1 Å². The van der Waals surface area contributed by atoms with Crippen molar-refractivity contribution in [2.75, 3.05) is 0 Å². The van der Waals surface area contributed by atoms with Crippen LogP contribution in [0, 0.1) is 0 Å². The predicted octanol–water partition coefficient (Wildman–Crippen LogP) is -17.7. The Bertz CT molecular complexity index is 75.5. The van der Waals surface area contributed by atoms with Crippen LogP contribution in [0.2, 0.25) is 0 Å². The number of hydrogen-bond acceptors (Lipinski definition) is 6. The third-order valence-corrected chi connectivity index (χ3v) is 0. The maximum Gasteiger partial charge on any atom is 1.00 e. The molecule has 0 bridgehead atoms. The first-order valence-electron chi connectivity index (χ1n) is 1.22. The van der Waals surface area contributed by atoms with E-state index in [0.29, 0.717) is 0 Å². The molecule has 0 saturated carbocycles. The van der Waals surface area contributed by atoms with Crippen molar-refractivity contribution in [3.05, 3.63) is 0 Å². The third-order valence-electron chi connectivity index (χ3n) is 0. The van der Waals surface area contributed by atoms with Gasteiger partial charge in [0.25, 0.3) is 0 Å². The van der Waals surface area contributed by atoms with Crippen molar-refractivity contribution in [3.8, 4) is 0 Å². The Labute approximate surface area is 161 Å². The molecule has 6 nitrogen and oxygen atoms in total. The second-order valence-corrected chi connectivity index (χ2v) is 1.50. The molecule has 12 heteroatoms. The second kappa shape index (κ2) is 29.2. The van der Waals surface area contributed by atoms with Gasteiger partial charge in [-0.05, 0) is 0 Å². The Kier molecular flexibility index (Phi) is 88.2. The summed E-state index contributed by atoms with van der Waals surface area (Å²) in [7, 11) is -7.26. The fourth-order valence-electron chi connectivity index (χ4n) is 0. The Balaban J connectivity index is -0.0000000112. The van der Waals surface area contributed by atoms with Crippen molar-refractivity contribution in [2.45, 2.75) is 0 Å². The fraction of sp³-hybridized carbons (Fsp3) is 0. The average Bonchev–Trinajstić information content (AvgIpc) is 1.25. The van der Waals surface area contributed by atoms with Crippen molar-refractivity contribution in [1.29, 1.82) is 0 Å². The summed E-state index contributed by atoms with van der Waals surface area (Å²) >= 11 is 0. The van der Waals surface area contributed by atoms with Crippen LogP contribution in [0.5, 0.6) is 0 Å². The second-order valence-electron chi connectivity index (χ2n) is 0.500. The summed E-state index contributed by atoms with van der Waals surface area (Å²) in [6, 6.07) is 0. The molecule has 48 valence electrons. The largest absolute Gasteiger partial charge is 1.00 e. The normalized spacial score (nSPS) is 4.00. The molecule has 0 aliphatic rings. The first-order valence-corrected chi connectivity index (χ1v) is 3.67. The summed E-state index contributed by atoms with van der Waals surface area (Å²) in [5.74, 6) is 0. The quantitative estimate of drug-likeness (QED) is 0.389. The summed E-state index contributed by atoms with van der Waals surface area (Å²) < 4.78 is 17.0. The van der Waals surface area contributed by atoms with Crippen LogP contribution in [0.25, 0.3) is 0 Å². The van der Waals surface area contributed by atoms with E-state index in [9.17, 15) is 0 Å². The minimum Gasteiger partial charge on any atom is -0.672 e. The van der Waals surface area contributed by atoms with E-state index in [1.807, 2.05) is 0 Å². The SMILES string of the molecule is O=[Si]([O-])[O-].O=[Si]([O-])[O-].[Na+].[Na+].[Na+].[Na+]. The maximum atomic E-state index is 8.52. The van der Waals surface area contributed by atoms with Gasteiger partial charge >= 0.3 is 118 Å². The summed E-state index contributed by atoms with van der Waals surface area (Å²) in [5, 5.41) is 0. The molecule has 0 atom stereocenters. The summed E-state index contributed by atoms with van der Waals surface area (Å²) in [6.45, 7) is 0. The minimum absolute atomic E-state index is 0. The maximum absolute atomic E-state index is 8.52. The van der Waals surface area contributed by atoms with Crippen LogP contribution >= 0.6 is 0 Å². The smallest absolute Gasteiger partial charge is 0.672 e. The van der Waals surface area contributed by atoms with Gasteiger partial charge in [-0.15, -0.1) is 0 Å². The van der Waals surface area contributed by atoms with Gasteiger partial charge in [-0.25, -0.2) is 0 Å². The van der Waals surface area contributed by atoms with E-state index < -0.39 is 18.3 Å². The Morgan fingerprint density at radius 1 is 0.583 bits per heavy atom. The first-order chi connectivity index (χ1) is 3.46. The van der Waals surface area contributed by atoms with Gasteiger partial charge in [0.2, 0.25) is 0 Å². The van der Waals surface area contributed by atoms with Gasteiger partial charge in [0, 0.05) is 18.3 Å². The van der Waals surface area contributed by atoms with Crippen LogP contribution in [-0.4, -0.2) is 18.3 Å². The molecule has 0 fully saturated rings. The molecule has 0 aliphatic carbocycles. The predicted molar refractivity (Wildman–Crippen MR) is 12.9 cm³/mol. The van der Waals surface area contributed by atoms with Gasteiger partial charge < -0.3 is 28.1 Å². The van der Waals surface area contributed by atoms with E-state index >= 15 is 0 Å². The molecular weight excluding hydrogens is 244 g/mol. The standard InChI is InChI=1S/4Na.2O3Si/c;;;;2*1-4(2)3/q4*+1;2*-2. The van der Waals surface area contributed by atoms with Crippen molar-refractivity contribution in [2.24, 2.45) is 0 Å². The van der Waals surface area contributed by atoms with Gasteiger partial charge in [-0.3, -0.25) is 0 Å². The average molecular weight is 244 g/mol. The van der Waals surface area contributed by atoms with Crippen molar-refractivity contribution in [1.82, 2.24) is 0 Å². The van der Waals surface area contributed by atoms with Gasteiger partial charge in [0.1, 0.15) is 0 Å². The van der Waals surface area contributed by atoms with Gasteiger partial charge in [0.05, 0.1) is 0 Å². The molecule has 0 heterocycles. The number of hydrogen-bond donors (Lipinski definition) is 0. The van der Waals surface area contributed by atoms with Crippen molar-refractivity contribution in [3.63, 3.8) is 0 Å². The minimum atomic E-state index is -3.63. The van der Waals surface area contributed by atoms with Gasteiger partial charge in [-0.2, -0.15) is 0 Å². The molecule has 0 aromatic rings. The molecule has 0 aromatic heterocycles. The van der Waals surface area contributed by atoms with Gasteiger partial charge in [0.15, 0.2) is 0 Å². The molecule has 0 unspecified atom stereocenters. The topological polar surface area (TPSA) is 126 Å². The zero-order valence-corrected chi connectivity index (χ0v) is 17.4. The molecule has 0 radical (unpaired) electrons. The van der Waals surface area contributed by atoms with Crippen LogP contribution < -0.4 is 137 Å². The molecule has 0 saturated heterocycles. The molecule has 0 rings (SSSR count). The molecule has 0 aromatic carbocycles. The van der Waals surface area contributed by atoms with E-state index in [1.54, 1.807) is 0 Å². The molecule has 0 aliphatic heterocycles. The first kappa shape index (κ1) is 36.2. The van der Waals surface area contributed by atoms with Crippen LogP contribution in [0.1, 0.15) is 0 Å². The monoisotopic (exact) mass is 244 g/mol. The molecule has 0 amide bonds. The molecule has 0 spiro atoms. The van der Waals surface area contributed by atoms with Crippen LogP contribution in [-0.2, 0) is 8.92 Å². The fourth-order valence-corrected chi connectivity index (χ4v) is 0. The Morgan fingerprint density at radius 3 is 0.583 bits per heavy atom. The van der Waals surface area contributed by atoms with Crippen molar-refractivity contribution >= 4 is 18.3 Å². The van der Waals surface area contributed by atoms with E-state index in [-0.39, 0.29) is 118 Å². The van der Waals surface area contributed by atoms with Crippen LogP contribution in [0.3, 0.4) is 0 Å². The summed E-state index contributed by atoms with van der Waals surface area (Å²) in [5.41, 5.74) is 0. The molecule has 12 heavy (non-hydrogen) atoms. The van der Waals surface area contributed by atoms with Crippen LogP contribution in [0.4, 0.5) is 0 Å². The van der Waals surface area contributed by atoms with E-state index in [0.717, 1.165) is 0 Å². The Morgan fingerprint density at radius 2 is 0.583 bits per heavy atom.